The quantitative estimate of drug-likeness (QED) is 0.660. The van der Waals surface area contributed by atoms with Crippen LogP contribution in [0.4, 0.5) is 0 Å². The molecule has 1 heterocycles. The molecule has 0 fully saturated rings. The predicted octanol–water partition coefficient (Wildman–Crippen LogP) is 4.41. The second-order valence-electron chi connectivity index (χ2n) is 1.25. The fourth-order valence-electron chi connectivity index (χ4n) is 0.233. The first-order chi connectivity index (χ1) is 5.21. The molecule has 0 spiro atoms. The van der Waals surface area contributed by atoms with Crippen molar-refractivity contribution < 1.29 is 4.21 Å². The molecule has 0 amide bonds. The predicted molar refractivity (Wildman–Crippen MR) is 65.5 cm³/mol. The van der Waals surface area contributed by atoms with Crippen molar-refractivity contribution in [2.24, 2.45) is 0 Å². The molecule has 0 aromatic rings. The topological polar surface area (TPSA) is 40.9 Å². The van der Waals surface area contributed by atoms with E-state index in [-0.39, 0.29) is 0 Å². The van der Waals surface area contributed by atoms with E-state index >= 15 is 0 Å². The number of rotatable bonds is 0. The molecule has 0 saturated carbocycles. The van der Waals surface area contributed by atoms with Gasteiger partial charge in [-0.15, -0.1) is 0 Å². The standard InChI is InChI=1S/C2H3NOS7/c3-11(4)2-1-5-6-7-8-9-10-11/h1-3H/b2-1-. The van der Waals surface area contributed by atoms with Crippen molar-refractivity contribution in [2.75, 3.05) is 0 Å². The summed E-state index contributed by atoms with van der Waals surface area (Å²) in [6.07, 6.45) is 0. The summed E-state index contributed by atoms with van der Waals surface area (Å²) >= 11 is 0. The molecule has 11 heavy (non-hydrogen) atoms. The number of hydrogen-bond donors (Lipinski definition) is 1. The monoisotopic (exact) mass is 281 g/mol. The Morgan fingerprint density at radius 3 is 2.73 bits per heavy atom. The summed E-state index contributed by atoms with van der Waals surface area (Å²) in [4.78, 5) is 0. The highest BCUT2D eigenvalue weighted by atomic mass is 33.9. The fourth-order valence-corrected chi connectivity index (χ4v) is 15.8. The van der Waals surface area contributed by atoms with Crippen LogP contribution in [0.25, 0.3) is 0 Å². The zero-order chi connectivity index (χ0) is 8.16. The molecule has 1 atom stereocenters. The van der Waals surface area contributed by atoms with E-state index in [0.29, 0.717) is 0 Å². The smallest absolute Gasteiger partial charge is 0.129 e. The maximum absolute atomic E-state index is 11.2. The molecule has 0 aromatic carbocycles. The van der Waals surface area contributed by atoms with Gasteiger partial charge in [0.05, 0.1) is 0 Å². The van der Waals surface area contributed by atoms with E-state index in [2.05, 4.69) is 0 Å². The van der Waals surface area contributed by atoms with Crippen LogP contribution in [0.2, 0.25) is 0 Å². The minimum absolute atomic E-state index is 1.11. The molecule has 1 N–H and O–H groups in total. The van der Waals surface area contributed by atoms with Crippen molar-refractivity contribution in [2.45, 2.75) is 0 Å². The lowest BCUT2D eigenvalue weighted by molar-refractivity contribution is 0.690. The minimum Gasteiger partial charge on any atom is -0.240 e. The van der Waals surface area contributed by atoms with Gasteiger partial charge in [-0.1, -0.05) is 10.8 Å². The molecular weight excluding hydrogens is 278 g/mol. The largest absolute Gasteiger partial charge is 0.240 e. The van der Waals surface area contributed by atoms with Crippen LogP contribution >= 0.6 is 59.9 Å². The summed E-state index contributed by atoms with van der Waals surface area (Å²) in [5, 5.41) is 3.17. The van der Waals surface area contributed by atoms with E-state index in [1.807, 2.05) is 0 Å². The van der Waals surface area contributed by atoms with Crippen molar-refractivity contribution in [1.29, 1.82) is 4.78 Å². The first kappa shape index (κ1) is 10.9. The highest BCUT2D eigenvalue weighted by Gasteiger charge is 2.06. The molecule has 64 valence electrons. The van der Waals surface area contributed by atoms with Gasteiger partial charge in [0.2, 0.25) is 0 Å². The van der Waals surface area contributed by atoms with Crippen molar-refractivity contribution in [1.82, 2.24) is 0 Å². The van der Waals surface area contributed by atoms with Gasteiger partial charge >= 0.3 is 0 Å². The molecule has 0 bridgehead atoms. The van der Waals surface area contributed by atoms with Gasteiger partial charge in [0.25, 0.3) is 0 Å². The molecule has 1 aliphatic heterocycles. The van der Waals surface area contributed by atoms with E-state index in [0.717, 1.165) is 9.83 Å². The lowest BCUT2D eigenvalue weighted by Gasteiger charge is -1.94. The Morgan fingerprint density at radius 1 is 1.18 bits per heavy atom. The SMILES string of the molecule is N=S1(=O)/C=C\SSSSSS1. The highest BCUT2D eigenvalue weighted by Crippen LogP contribution is 2.55. The highest BCUT2D eigenvalue weighted by molar-refractivity contribution is 9.45. The number of nitrogens with one attached hydrogen (secondary N) is 1. The minimum atomic E-state index is -2.54. The van der Waals surface area contributed by atoms with E-state index in [9.17, 15) is 4.21 Å². The van der Waals surface area contributed by atoms with Gasteiger partial charge in [-0.05, 0) is 25.1 Å². The lowest BCUT2D eigenvalue weighted by atomic mass is 11.3. The Balaban J connectivity index is 2.60. The van der Waals surface area contributed by atoms with Crippen LogP contribution in [0, 0.1) is 4.78 Å². The van der Waals surface area contributed by atoms with Gasteiger partial charge in [-0.25, -0.2) is 8.99 Å². The van der Waals surface area contributed by atoms with Gasteiger partial charge in [0.15, 0.2) is 0 Å². The van der Waals surface area contributed by atoms with Gasteiger partial charge in [0, 0.05) is 34.9 Å². The summed E-state index contributed by atoms with van der Waals surface area (Å²) in [6.45, 7) is 0. The zero-order valence-electron chi connectivity index (χ0n) is 4.92. The fraction of sp³-hybridized carbons (Fsp3) is 0. The van der Waals surface area contributed by atoms with Crippen LogP contribution in [0.5, 0.6) is 0 Å². The van der Waals surface area contributed by atoms with Crippen molar-refractivity contribution in [3.05, 3.63) is 10.8 Å². The van der Waals surface area contributed by atoms with Crippen LogP contribution in [0.15, 0.2) is 10.8 Å². The van der Waals surface area contributed by atoms with E-state index in [1.165, 1.54) is 26.0 Å². The molecule has 0 aliphatic carbocycles. The second kappa shape index (κ2) is 5.51. The average molecular weight is 282 g/mol. The molecule has 9 heteroatoms. The molecule has 0 aromatic heterocycles. The molecule has 1 rings (SSSR count). The third-order valence-corrected chi connectivity index (χ3v) is 14.7. The summed E-state index contributed by atoms with van der Waals surface area (Å²) in [5.74, 6) is 0. The Kier molecular flexibility index (Phi) is 5.44. The van der Waals surface area contributed by atoms with E-state index < -0.39 is 8.76 Å². The van der Waals surface area contributed by atoms with Crippen molar-refractivity contribution in [3.8, 4) is 0 Å². The van der Waals surface area contributed by atoms with Gasteiger partial charge in [-0.2, -0.15) is 0 Å². The maximum atomic E-state index is 11.2. The Bertz CT molecular complexity index is 231. The zero-order valence-corrected chi connectivity index (χ0v) is 10.6. The first-order valence-electron chi connectivity index (χ1n) is 2.18. The molecule has 1 aliphatic rings. The summed E-state index contributed by atoms with van der Waals surface area (Å²) in [7, 11) is 6.24. The molecule has 0 saturated heterocycles. The number of hydrogen-bond acceptors (Lipinski definition) is 8. The van der Waals surface area contributed by atoms with Gasteiger partial charge < -0.3 is 0 Å². The normalized spacial score (nSPS) is 36.7. The Hall–Kier alpha value is 1.79. The van der Waals surface area contributed by atoms with Crippen LogP contribution in [0.1, 0.15) is 0 Å². The van der Waals surface area contributed by atoms with Crippen LogP contribution < -0.4 is 0 Å². The third kappa shape index (κ3) is 5.17. The van der Waals surface area contributed by atoms with Crippen molar-refractivity contribution in [3.63, 3.8) is 0 Å². The van der Waals surface area contributed by atoms with Crippen molar-refractivity contribution >= 4 is 68.7 Å². The molecule has 0 radical (unpaired) electrons. The van der Waals surface area contributed by atoms with E-state index in [1.54, 1.807) is 34.9 Å². The first-order valence-corrected chi connectivity index (χ1v) is 11.9. The molecule has 1 unspecified atom stereocenters. The van der Waals surface area contributed by atoms with Gasteiger partial charge in [0.1, 0.15) is 8.76 Å². The van der Waals surface area contributed by atoms with Crippen LogP contribution in [-0.4, -0.2) is 4.21 Å². The molecule has 2 nitrogen and oxygen atoms in total. The lowest BCUT2D eigenvalue weighted by Crippen LogP contribution is -1.77. The maximum Gasteiger partial charge on any atom is 0.129 e. The summed E-state index contributed by atoms with van der Waals surface area (Å²) < 4.78 is 18.5. The van der Waals surface area contributed by atoms with E-state index in [4.69, 9.17) is 4.78 Å². The second-order valence-corrected chi connectivity index (χ2v) is 14.0. The Labute approximate surface area is 87.6 Å². The average Bonchev–Trinajstić information content (AvgIpc) is 2.00. The third-order valence-electron chi connectivity index (χ3n) is 0.542. The van der Waals surface area contributed by atoms with Crippen LogP contribution in [0.3, 0.4) is 0 Å². The summed E-state index contributed by atoms with van der Waals surface area (Å²) in [6, 6.07) is 0. The summed E-state index contributed by atoms with van der Waals surface area (Å²) in [5.41, 5.74) is 0. The Morgan fingerprint density at radius 2 is 1.91 bits per heavy atom. The molecular formula is C2H3NOS7. The van der Waals surface area contributed by atoms with Crippen LogP contribution in [-0.2, 0) is 8.76 Å². The van der Waals surface area contributed by atoms with Gasteiger partial charge in [-0.3, -0.25) is 0 Å².